The maximum Gasteiger partial charge on any atom is 0.240 e. The Balaban J connectivity index is 1.91. The maximum absolute atomic E-state index is 11.8. The molecule has 126 valence electrons. The summed E-state index contributed by atoms with van der Waals surface area (Å²) in [5.41, 5.74) is 4.44. The van der Waals surface area contributed by atoms with Crippen molar-refractivity contribution in [3.05, 3.63) is 58.1 Å². The van der Waals surface area contributed by atoms with Crippen LogP contribution >= 0.6 is 15.9 Å². The monoisotopic (exact) mass is 390 g/mol. The van der Waals surface area contributed by atoms with E-state index in [0.717, 1.165) is 15.6 Å². The highest BCUT2D eigenvalue weighted by molar-refractivity contribution is 9.10. The lowest BCUT2D eigenvalue weighted by molar-refractivity contribution is -0.121. The molecule has 0 aliphatic heterocycles. The van der Waals surface area contributed by atoms with E-state index in [0.29, 0.717) is 24.3 Å². The van der Waals surface area contributed by atoms with Gasteiger partial charge >= 0.3 is 0 Å². The minimum atomic E-state index is -0.130. The summed E-state index contributed by atoms with van der Waals surface area (Å²) in [5, 5.41) is 3.98. The Kier molecular flexibility index (Phi) is 6.81. The van der Waals surface area contributed by atoms with E-state index in [1.807, 2.05) is 36.4 Å². The van der Waals surface area contributed by atoms with E-state index >= 15 is 0 Å². The van der Waals surface area contributed by atoms with Crippen molar-refractivity contribution in [3.63, 3.8) is 0 Å². The fourth-order valence-electron chi connectivity index (χ4n) is 2.15. The van der Waals surface area contributed by atoms with Crippen molar-refractivity contribution in [2.75, 3.05) is 14.2 Å². The summed E-state index contributed by atoms with van der Waals surface area (Å²) in [5.74, 6) is 1.07. The van der Waals surface area contributed by atoms with E-state index in [4.69, 9.17) is 9.47 Å². The molecule has 0 heterocycles. The molecule has 0 radical (unpaired) electrons. The molecule has 0 saturated carbocycles. The van der Waals surface area contributed by atoms with Crippen molar-refractivity contribution in [1.29, 1.82) is 0 Å². The van der Waals surface area contributed by atoms with E-state index in [9.17, 15) is 4.79 Å². The number of hydrazone groups is 1. The lowest BCUT2D eigenvalue weighted by Gasteiger charge is -2.10. The highest BCUT2D eigenvalue weighted by atomic mass is 79.9. The first kappa shape index (κ1) is 18.0. The van der Waals surface area contributed by atoms with Crippen LogP contribution in [0, 0.1) is 0 Å². The molecule has 0 spiro atoms. The van der Waals surface area contributed by atoms with Crippen molar-refractivity contribution in [2.24, 2.45) is 5.10 Å². The Morgan fingerprint density at radius 2 is 1.96 bits per heavy atom. The normalized spacial score (nSPS) is 10.6. The third kappa shape index (κ3) is 5.09. The summed E-state index contributed by atoms with van der Waals surface area (Å²) >= 11 is 3.42. The van der Waals surface area contributed by atoms with Gasteiger partial charge in [0.25, 0.3) is 0 Å². The summed E-state index contributed by atoms with van der Waals surface area (Å²) in [7, 11) is 3.14. The molecule has 0 fully saturated rings. The van der Waals surface area contributed by atoms with Crippen molar-refractivity contribution < 1.29 is 14.3 Å². The Bertz CT molecular complexity index is 718. The zero-order chi connectivity index (χ0) is 17.4. The highest BCUT2D eigenvalue weighted by Gasteiger charge is 2.09. The first-order chi connectivity index (χ1) is 11.6. The summed E-state index contributed by atoms with van der Waals surface area (Å²) in [6.07, 6.45) is 2.63. The van der Waals surface area contributed by atoms with Gasteiger partial charge in [-0.15, -0.1) is 0 Å². The number of hydrogen-bond donors (Lipinski definition) is 1. The molecule has 6 heteroatoms. The van der Waals surface area contributed by atoms with E-state index in [1.54, 1.807) is 26.5 Å². The topological polar surface area (TPSA) is 59.9 Å². The SMILES string of the molecule is COc1cc(C=NNC(=O)CCc2ccccc2)cc(Br)c1OC. The number of amides is 1. The molecule has 0 aliphatic carbocycles. The minimum absolute atomic E-state index is 0.130. The van der Waals surface area contributed by atoms with Crippen molar-refractivity contribution in [1.82, 2.24) is 5.43 Å². The second kappa shape index (κ2) is 9.08. The van der Waals surface area contributed by atoms with Crippen LogP contribution in [0.2, 0.25) is 0 Å². The molecule has 0 bridgehead atoms. The van der Waals surface area contributed by atoms with Crippen LogP contribution in [0.5, 0.6) is 11.5 Å². The summed E-state index contributed by atoms with van der Waals surface area (Å²) in [4.78, 5) is 11.8. The Morgan fingerprint density at radius 1 is 1.21 bits per heavy atom. The van der Waals surface area contributed by atoms with Gasteiger partial charge in [0.2, 0.25) is 5.91 Å². The summed E-state index contributed by atoms with van der Waals surface area (Å²) < 4.78 is 11.3. The molecule has 2 aromatic carbocycles. The molecule has 0 saturated heterocycles. The van der Waals surface area contributed by atoms with Crippen LogP contribution in [0.3, 0.4) is 0 Å². The average Bonchev–Trinajstić information content (AvgIpc) is 2.60. The molecule has 0 atom stereocenters. The van der Waals surface area contributed by atoms with Crippen molar-refractivity contribution in [3.8, 4) is 11.5 Å². The van der Waals surface area contributed by atoms with E-state index < -0.39 is 0 Å². The van der Waals surface area contributed by atoms with Gasteiger partial charge < -0.3 is 9.47 Å². The first-order valence-electron chi connectivity index (χ1n) is 7.41. The zero-order valence-corrected chi connectivity index (χ0v) is 15.2. The molecule has 24 heavy (non-hydrogen) atoms. The van der Waals surface area contributed by atoms with E-state index in [-0.39, 0.29) is 5.91 Å². The van der Waals surface area contributed by atoms with Gasteiger partial charge in [0, 0.05) is 6.42 Å². The lowest BCUT2D eigenvalue weighted by Crippen LogP contribution is -2.17. The standard InChI is InChI=1S/C18H19BrN2O3/c1-23-16-11-14(10-15(19)18(16)24-2)12-20-21-17(22)9-8-13-6-4-3-5-7-13/h3-7,10-12H,8-9H2,1-2H3,(H,21,22). The number of halogens is 1. The Hall–Kier alpha value is -2.34. The number of hydrogen-bond acceptors (Lipinski definition) is 4. The molecule has 0 unspecified atom stereocenters. The number of ether oxygens (including phenoxy) is 2. The number of carbonyl (C=O) groups is 1. The second-order valence-corrected chi connectivity index (χ2v) is 5.87. The minimum Gasteiger partial charge on any atom is -0.493 e. The van der Waals surface area contributed by atoms with Crippen LogP contribution in [0.25, 0.3) is 0 Å². The van der Waals surface area contributed by atoms with Crippen LogP contribution in [0.1, 0.15) is 17.5 Å². The quantitative estimate of drug-likeness (QED) is 0.580. The molecule has 1 amide bonds. The van der Waals surface area contributed by atoms with Gasteiger partial charge in [0.05, 0.1) is 24.9 Å². The Morgan fingerprint density at radius 3 is 2.62 bits per heavy atom. The second-order valence-electron chi connectivity index (χ2n) is 5.02. The van der Waals surface area contributed by atoms with Crippen LogP contribution in [0.15, 0.2) is 52.0 Å². The maximum atomic E-state index is 11.8. The van der Waals surface area contributed by atoms with Crippen LogP contribution in [0.4, 0.5) is 0 Å². The third-order valence-electron chi connectivity index (χ3n) is 3.34. The molecular weight excluding hydrogens is 372 g/mol. The van der Waals surface area contributed by atoms with Gasteiger partial charge in [-0.3, -0.25) is 4.79 Å². The molecule has 1 N–H and O–H groups in total. The fraction of sp³-hybridized carbons (Fsp3) is 0.222. The predicted molar refractivity (Wildman–Crippen MR) is 97.7 cm³/mol. The average molecular weight is 391 g/mol. The summed E-state index contributed by atoms with van der Waals surface area (Å²) in [6.45, 7) is 0. The zero-order valence-electron chi connectivity index (χ0n) is 13.6. The lowest BCUT2D eigenvalue weighted by atomic mass is 10.1. The van der Waals surface area contributed by atoms with Crippen LogP contribution < -0.4 is 14.9 Å². The number of nitrogens with one attached hydrogen (secondary N) is 1. The number of carbonyl (C=O) groups excluding carboxylic acids is 1. The molecule has 0 aliphatic rings. The van der Waals surface area contributed by atoms with Gasteiger partial charge in [-0.1, -0.05) is 30.3 Å². The fourth-order valence-corrected chi connectivity index (χ4v) is 2.77. The molecule has 5 nitrogen and oxygen atoms in total. The van der Waals surface area contributed by atoms with Crippen molar-refractivity contribution >= 4 is 28.1 Å². The predicted octanol–water partition coefficient (Wildman–Crippen LogP) is 3.55. The van der Waals surface area contributed by atoms with Gasteiger partial charge in [-0.2, -0.15) is 5.10 Å². The van der Waals surface area contributed by atoms with Gasteiger partial charge in [-0.25, -0.2) is 5.43 Å². The first-order valence-corrected chi connectivity index (χ1v) is 8.20. The number of aryl methyl sites for hydroxylation is 1. The van der Waals surface area contributed by atoms with Crippen LogP contribution in [-0.2, 0) is 11.2 Å². The molecule has 2 aromatic rings. The van der Waals surface area contributed by atoms with Crippen LogP contribution in [-0.4, -0.2) is 26.3 Å². The van der Waals surface area contributed by atoms with E-state index in [1.165, 1.54) is 0 Å². The summed E-state index contributed by atoms with van der Waals surface area (Å²) in [6, 6.07) is 13.5. The number of benzene rings is 2. The van der Waals surface area contributed by atoms with Crippen molar-refractivity contribution in [2.45, 2.75) is 12.8 Å². The largest absolute Gasteiger partial charge is 0.493 e. The van der Waals surface area contributed by atoms with Gasteiger partial charge in [0.15, 0.2) is 11.5 Å². The number of nitrogens with zero attached hydrogens (tertiary/aromatic N) is 1. The molecule has 0 aromatic heterocycles. The smallest absolute Gasteiger partial charge is 0.240 e. The molecule has 2 rings (SSSR count). The number of methoxy groups -OCH3 is 2. The van der Waals surface area contributed by atoms with Gasteiger partial charge in [0.1, 0.15) is 0 Å². The molecular formula is C18H19BrN2O3. The number of rotatable bonds is 7. The highest BCUT2D eigenvalue weighted by Crippen LogP contribution is 2.35. The Labute approximate surface area is 149 Å². The van der Waals surface area contributed by atoms with E-state index in [2.05, 4.69) is 26.5 Å². The van der Waals surface area contributed by atoms with Gasteiger partial charge in [-0.05, 0) is 45.6 Å². The third-order valence-corrected chi connectivity index (χ3v) is 3.93.